The van der Waals surface area contributed by atoms with E-state index in [4.69, 9.17) is 16.3 Å². The van der Waals surface area contributed by atoms with Crippen molar-refractivity contribution in [1.29, 1.82) is 0 Å². The molecule has 124 valence electrons. The number of ether oxygens (including phenoxy) is 1. The lowest BCUT2D eigenvalue weighted by Gasteiger charge is -2.17. The molecule has 1 aromatic carbocycles. The van der Waals surface area contributed by atoms with Gasteiger partial charge in [-0.15, -0.1) is 0 Å². The molecule has 0 spiro atoms. The molecule has 1 aromatic heterocycles. The fourth-order valence-corrected chi connectivity index (χ4v) is 2.68. The van der Waals surface area contributed by atoms with E-state index < -0.39 is 5.92 Å². The van der Waals surface area contributed by atoms with Crippen molar-refractivity contribution in [3.63, 3.8) is 0 Å². The van der Waals surface area contributed by atoms with E-state index in [9.17, 15) is 9.59 Å². The number of amides is 2. The number of rotatable bonds is 4. The Morgan fingerprint density at radius 2 is 2.04 bits per heavy atom. The molecular formula is C17H16ClN3O3. The van der Waals surface area contributed by atoms with Crippen molar-refractivity contribution in [2.45, 2.75) is 6.42 Å². The topological polar surface area (TPSA) is 71.5 Å². The molecule has 1 N–H and O–H groups in total. The number of benzene rings is 1. The third-order valence-corrected chi connectivity index (χ3v) is 4.08. The number of carbonyl (C=O) groups is 2. The average molecular weight is 346 g/mol. The highest BCUT2D eigenvalue weighted by molar-refractivity contribution is 6.30. The van der Waals surface area contributed by atoms with Crippen LogP contribution < -0.4 is 15.0 Å². The molecule has 0 bridgehead atoms. The number of halogens is 1. The summed E-state index contributed by atoms with van der Waals surface area (Å²) in [6.45, 7) is 0.338. The first kappa shape index (κ1) is 16.3. The Kier molecular flexibility index (Phi) is 4.66. The minimum Gasteiger partial charge on any atom is -0.497 e. The number of aromatic nitrogens is 1. The monoisotopic (exact) mass is 345 g/mol. The van der Waals surface area contributed by atoms with Crippen molar-refractivity contribution < 1.29 is 14.3 Å². The fraction of sp³-hybridized carbons (Fsp3) is 0.235. The number of pyridine rings is 1. The molecule has 7 heteroatoms. The molecule has 2 amide bonds. The van der Waals surface area contributed by atoms with E-state index in [0.717, 1.165) is 5.69 Å². The molecule has 1 saturated heterocycles. The van der Waals surface area contributed by atoms with Gasteiger partial charge in [0.2, 0.25) is 11.8 Å². The van der Waals surface area contributed by atoms with E-state index in [1.54, 1.807) is 48.4 Å². The predicted octanol–water partition coefficient (Wildman–Crippen LogP) is 2.74. The number of hydrogen-bond acceptors (Lipinski definition) is 4. The molecule has 2 heterocycles. The van der Waals surface area contributed by atoms with Crippen molar-refractivity contribution >= 4 is 34.9 Å². The van der Waals surface area contributed by atoms with Crippen LogP contribution in [0.15, 0.2) is 42.6 Å². The summed E-state index contributed by atoms with van der Waals surface area (Å²) in [4.78, 5) is 30.2. The quantitative estimate of drug-likeness (QED) is 0.924. The van der Waals surface area contributed by atoms with Gasteiger partial charge < -0.3 is 15.0 Å². The largest absolute Gasteiger partial charge is 0.497 e. The Hall–Kier alpha value is -2.60. The smallest absolute Gasteiger partial charge is 0.230 e. The second kappa shape index (κ2) is 6.88. The summed E-state index contributed by atoms with van der Waals surface area (Å²) in [5.74, 6) is 0.406. The van der Waals surface area contributed by atoms with Crippen LogP contribution in [-0.4, -0.2) is 30.5 Å². The molecule has 0 aliphatic carbocycles. The second-order valence-corrected chi connectivity index (χ2v) is 5.89. The summed E-state index contributed by atoms with van der Waals surface area (Å²) in [5, 5.41) is 3.21. The highest BCUT2D eigenvalue weighted by Gasteiger charge is 2.35. The highest BCUT2D eigenvalue weighted by atomic mass is 35.5. The molecule has 1 aliphatic heterocycles. The van der Waals surface area contributed by atoms with E-state index in [0.29, 0.717) is 23.1 Å². The number of anilines is 2. The predicted molar refractivity (Wildman–Crippen MR) is 91.3 cm³/mol. The van der Waals surface area contributed by atoms with Crippen LogP contribution in [0.4, 0.5) is 11.5 Å². The summed E-state index contributed by atoms with van der Waals surface area (Å²) in [7, 11) is 1.58. The van der Waals surface area contributed by atoms with Crippen molar-refractivity contribution in [3.05, 3.63) is 47.6 Å². The Morgan fingerprint density at radius 3 is 2.67 bits per heavy atom. The van der Waals surface area contributed by atoms with Gasteiger partial charge in [0.05, 0.1) is 18.1 Å². The van der Waals surface area contributed by atoms with Crippen LogP contribution in [0.1, 0.15) is 6.42 Å². The highest BCUT2D eigenvalue weighted by Crippen LogP contribution is 2.27. The number of nitrogens with zero attached hydrogens (tertiary/aromatic N) is 2. The first-order valence-electron chi connectivity index (χ1n) is 7.43. The summed E-state index contributed by atoms with van der Waals surface area (Å²) in [5.41, 5.74) is 0.751. The summed E-state index contributed by atoms with van der Waals surface area (Å²) < 4.78 is 5.11. The number of hydrogen-bond donors (Lipinski definition) is 1. The maximum atomic E-state index is 12.3. The molecule has 1 aliphatic rings. The minimum absolute atomic E-state index is 0.0793. The molecule has 2 aromatic rings. The van der Waals surface area contributed by atoms with Gasteiger partial charge in [-0.05, 0) is 36.4 Å². The van der Waals surface area contributed by atoms with Gasteiger partial charge in [0.15, 0.2) is 0 Å². The second-order valence-electron chi connectivity index (χ2n) is 5.45. The zero-order valence-electron chi connectivity index (χ0n) is 13.0. The van der Waals surface area contributed by atoms with Gasteiger partial charge in [-0.1, -0.05) is 11.6 Å². The summed E-state index contributed by atoms with van der Waals surface area (Å²) >= 11 is 5.77. The van der Waals surface area contributed by atoms with Crippen LogP contribution in [0.5, 0.6) is 5.75 Å². The van der Waals surface area contributed by atoms with Crippen molar-refractivity contribution in [2.24, 2.45) is 5.92 Å². The van der Waals surface area contributed by atoms with Gasteiger partial charge in [0.25, 0.3) is 0 Å². The molecule has 6 nitrogen and oxygen atoms in total. The van der Waals surface area contributed by atoms with Crippen molar-refractivity contribution in [2.75, 3.05) is 23.9 Å². The fourth-order valence-electron chi connectivity index (χ4n) is 2.57. The van der Waals surface area contributed by atoms with E-state index in [1.807, 2.05) is 0 Å². The Balaban J connectivity index is 1.67. The Morgan fingerprint density at radius 1 is 1.29 bits per heavy atom. The molecule has 1 atom stereocenters. The maximum absolute atomic E-state index is 12.3. The lowest BCUT2D eigenvalue weighted by atomic mass is 10.1. The number of methoxy groups -OCH3 is 1. The number of carbonyl (C=O) groups excluding carboxylic acids is 2. The Bertz CT molecular complexity index is 747. The van der Waals surface area contributed by atoms with E-state index in [2.05, 4.69) is 10.3 Å². The molecular weight excluding hydrogens is 330 g/mol. The van der Waals surface area contributed by atoms with Crippen LogP contribution in [0.3, 0.4) is 0 Å². The van der Waals surface area contributed by atoms with Gasteiger partial charge >= 0.3 is 0 Å². The van der Waals surface area contributed by atoms with Crippen LogP contribution >= 0.6 is 11.6 Å². The molecule has 24 heavy (non-hydrogen) atoms. The van der Waals surface area contributed by atoms with Crippen LogP contribution in [0.25, 0.3) is 0 Å². The molecule has 0 saturated carbocycles. The van der Waals surface area contributed by atoms with Gasteiger partial charge in [-0.25, -0.2) is 4.98 Å². The molecule has 0 radical (unpaired) electrons. The van der Waals surface area contributed by atoms with Gasteiger partial charge in [0, 0.05) is 24.8 Å². The van der Waals surface area contributed by atoms with Gasteiger partial charge in [0.1, 0.15) is 11.6 Å². The van der Waals surface area contributed by atoms with E-state index >= 15 is 0 Å². The van der Waals surface area contributed by atoms with Crippen molar-refractivity contribution in [1.82, 2.24) is 4.98 Å². The normalized spacial score (nSPS) is 17.0. The number of nitrogens with one attached hydrogen (secondary N) is 1. The van der Waals surface area contributed by atoms with Crippen LogP contribution in [0.2, 0.25) is 5.02 Å². The zero-order chi connectivity index (χ0) is 17.1. The summed E-state index contributed by atoms with van der Waals surface area (Å²) in [6, 6.07) is 10.4. The lowest BCUT2D eigenvalue weighted by Crippen LogP contribution is -2.28. The summed E-state index contributed by atoms with van der Waals surface area (Å²) in [6.07, 6.45) is 1.63. The maximum Gasteiger partial charge on any atom is 0.230 e. The first-order chi connectivity index (χ1) is 11.6. The van der Waals surface area contributed by atoms with Crippen LogP contribution in [0, 0.1) is 5.92 Å². The first-order valence-corrected chi connectivity index (χ1v) is 7.81. The van der Waals surface area contributed by atoms with Gasteiger partial charge in [-0.3, -0.25) is 9.59 Å². The van der Waals surface area contributed by atoms with E-state index in [1.165, 1.54) is 6.20 Å². The Labute approximate surface area is 144 Å². The SMILES string of the molecule is COc1ccc(N2CC(C(=O)Nc3ccc(Cl)cn3)CC2=O)cc1. The third-order valence-electron chi connectivity index (χ3n) is 3.86. The van der Waals surface area contributed by atoms with Crippen molar-refractivity contribution in [3.8, 4) is 5.75 Å². The molecule has 1 unspecified atom stereocenters. The lowest BCUT2D eigenvalue weighted by molar-refractivity contribution is -0.122. The molecule has 1 fully saturated rings. The standard InChI is InChI=1S/C17H16ClN3O3/c1-24-14-5-3-13(4-6-14)21-10-11(8-16(21)22)17(23)20-15-7-2-12(18)9-19-15/h2-7,9,11H,8,10H2,1H3,(H,19,20,23). The third kappa shape index (κ3) is 3.49. The van der Waals surface area contributed by atoms with Gasteiger partial charge in [-0.2, -0.15) is 0 Å². The van der Waals surface area contributed by atoms with Crippen LogP contribution in [-0.2, 0) is 9.59 Å². The molecule has 3 rings (SSSR count). The minimum atomic E-state index is -0.419. The average Bonchev–Trinajstić information content (AvgIpc) is 2.99. The van der Waals surface area contributed by atoms with E-state index in [-0.39, 0.29) is 18.2 Å². The zero-order valence-corrected chi connectivity index (χ0v) is 13.8.